The molecule has 2 rings (SSSR count). The van der Waals surface area contributed by atoms with E-state index in [2.05, 4.69) is 38.9 Å². The second-order valence-electron chi connectivity index (χ2n) is 6.33. The van der Waals surface area contributed by atoms with Gasteiger partial charge in [0.15, 0.2) is 11.1 Å². The molecule has 7 nitrogen and oxygen atoms in total. The van der Waals surface area contributed by atoms with E-state index in [4.69, 9.17) is 10.5 Å². The van der Waals surface area contributed by atoms with Crippen molar-refractivity contribution < 1.29 is 4.74 Å². The highest BCUT2D eigenvalue weighted by Crippen LogP contribution is 2.17. The Bertz CT molecular complexity index is 717. The van der Waals surface area contributed by atoms with Gasteiger partial charge in [0.2, 0.25) is 0 Å². The maximum Gasteiger partial charge on any atom is 0.193 e. The number of aromatic nitrogens is 3. The van der Waals surface area contributed by atoms with Crippen LogP contribution in [0.1, 0.15) is 26.1 Å². The van der Waals surface area contributed by atoms with E-state index in [0.29, 0.717) is 18.4 Å². The van der Waals surface area contributed by atoms with Gasteiger partial charge < -0.3 is 20.4 Å². The maximum absolute atomic E-state index is 5.95. The zero-order valence-electron chi connectivity index (χ0n) is 16.3. The SMILES string of the molecule is COc1ccc(NC(N)=NCCCc2nnc(SC)n2CC(C)C)cc1.I. The van der Waals surface area contributed by atoms with Crippen molar-refractivity contribution >= 4 is 47.4 Å². The van der Waals surface area contributed by atoms with Gasteiger partial charge in [0.1, 0.15) is 11.6 Å². The third kappa shape index (κ3) is 7.57. The first-order valence-corrected chi connectivity index (χ1v) is 9.93. The zero-order chi connectivity index (χ0) is 18.9. The van der Waals surface area contributed by atoms with Crippen LogP contribution in [0, 0.1) is 5.92 Å². The van der Waals surface area contributed by atoms with Crippen LogP contribution in [0.5, 0.6) is 5.75 Å². The number of nitrogens with zero attached hydrogens (tertiary/aromatic N) is 4. The molecule has 0 aliphatic heterocycles. The Kier molecular flexibility index (Phi) is 10.5. The summed E-state index contributed by atoms with van der Waals surface area (Å²) in [6, 6.07) is 7.56. The molecule has 150 valence electrons. The number of benzene rings is 1. The van der Waals surface area contributed by atoms with Gasteiger partial charge in [-0.2, -0.15) is 0 Å². The molecule has 0 saturated carbocycles. The third-order valence-corrected chi connectivity index (χ3v) is 4.39. The normalized spacial score (nSPS) is 11.4. The van der Waals surface area contributed by atoms with Gasteiger partial charge in [-0.3, -0.25) is 4.99 Å². The highest BCUT2D eigenvalue weighted by Gasteiger charge is 2.12. The van der Waals surface area contributed by atoms with Crippen molar-refractivity contribution in [2.24, 2.45) is 16.6 Å². The molecule has 2 aromatic rings. The Hall–Kier alpha value is -1.49. The van der Waals surface area contributed by atoms with Gasteiger partial charge in [-0.15, -0.1) is 34.2 Å². The predicted octanol–water partition coefficient (Wildman–Crippen LogP) is 3.64. The minimum absolute atomic E-state index is 0. The van der Waals surface area contributed by atoms with Gasteiger partial charge in [0.05, 0.1) is 7.11 Å². The van der Waals surface area contributed by atoms with E-state index < -0.39 is 0 Å². The molecular weight excluding hydrogens is 475 g/mol. The zero-order valence-corrected chi connectivity index (χ0v) is 19.5. The van der Waals surface area contributed by atoms with Crippen molar-refractivity contribution in [3.63, 3.8) is 0 Å². The second-order valence-corrected chi connectivity index (χ2v) is 7.10. The minimum Gasteiger partial charge on any atom is -0.497 e. The average Bonchev–Trinajstić information content (AvgIpc) is 3.00. The van der Waals surface area contributed by atoms with Gasteiger partial charge in [-0.05, 0) is 42.9 Å². The highest BCUT2D eigenvalue weighted by molar-refractivity contribution is 14.0. The average molecular weight is 504 g/mol. The van der Waals surface area contributed by atoms with E-state index >= 15 is 0 Å². The summed E-state index contributed by atoms with van der Waals surface area (Å²) >= 11 is 1.63. The first kappa shape index (κ1) is 23.5. The lowest BCUT2D eigenvalue weighted by atomic mass is 10.2. The number of rotatable bonds is 9. The van der Waals surface area contributed by atoms with Crippen LogP contribution >= 0.6 is 35.7 Å². The van der Waals surface area contributed by atoms with E-state index in [1.54, 1.807) is 18.9 Å². The number of nitrogens with two attached hydrogens (primary N) is 1. The Labute approximate surface area is 182 Å². The van der Waals surface area contributed by atoms with Gasteiger partial charge >= 0.3 is 0 Å². The predicted molar refractivity (Wildman–Crippen MR) is 123 cm³/mol. The summed E-state index contributed by atoms with van der Waals surface area (Å²) in [5.74, 6) is 2.78. The van der Waals surface area contributed by atoms with Crippen molar-refractivity contribution in [1.82, 2.24) is 14.8 Å². The van der Waals surface area contributed by atoms with Crippen molar-refractivity contribution in [2.45, 2.75) is 38.4 Å². The summed E-state index contributed by atoms with van der Waals surface area (Å²) in [6.45, 7) is 5.97. The molecule has 1 heterocycles. The molecule has 9 heteroatoms. The molecule has 0 fully saturated rings. The van der Waals surface area contributed by atoms with Gasteiger partial charge in [-0.25, -0.2) is 0 Å². The minimum atomic E-state index is 0. The summed E-state index contributed by atoms with van der Waals surface area (Å²) in [6.07, 6.45) is 3.73. The first-order chi connectivity index (χ1) is 12.5. The summed E-state index contributed by atoms with van der Waals surface area (Å²) < 4.78 is 7.34. The summed E-state index contributed by atoms with van der Waals surface area (Å²) in [5, 5.41) is 12.6. The summed E-state index contributed by atoms with van der Waals surface area (Å²) in [5.41, 5.74) is 6.83. The van der Waals surface area contributed by atoms with Crippen molar-refractivity contribution in [2.75, 3.05) is 25.2 Å². The van der Waals surface area contributed by atoms with Crippen LogP contribution in [0.25, 0.3) is 0 Å². The van der Waals surface area contributed by atoms with Crippen molar-refractivity contribution in [3.05, 3.63) is 30.1 Å². The fourth-order valence-electron chi connectivity index (χ4n) is 2.50. The van der Waals surface area contributed by atoms with Crippen LogP contribution in [-0.4, -0.2) is 40.6 Å². The molecule has 0 amide bonds. The first-order valence-electron chi connectivity index (χ1n) is 8.70. The van der Waals surface area contributed by atoms with Gasteiger partial charge in [0, 0.05) is 25.2 Å². The quantitative estimate of drug-likeness (QED) is 0.178. The molecule has 1 aromatic heterocycles. The van der Waals surface area contributed by atoms with E-state index in [0.717, 1.165) is 41.8 Å². The van der Waals surface area contributed by atoms with Crippen LogP contribution in [0.2, 0.25) is 0 Å². The number of aryl methyl sites for hydroxylation is 1. The molecule has 0 spiro atoms. The number of guanidine groups is 1. The largest absolute Gasteiger partial charge is 0.497 e. The van der Waals surface area contributed by atoms with E-state index in [1.165, 1.54) is 0 Å². The Morgan fingerprint density at radius 2 is 2.00 bits per heavy atom. The molecule has 27 heavy (non-hydrogen) atoms. The Morgan fingerprint density at radius 1 is 1.30 bits per heavy atom. The monoisotopic (exact) mass is 504 g/mol. The fourth-order valence-corrected chi connectivity index (χ4v) is 3.02. The number of anilines is 1. The third-order valence-electron chi connectivity index (χ3n) is 3.73. The molecular formula is C18H29IN6OS. The number of nitrogens with one attached hydrogen (secondary N) is 1. The molecule has 0 aliphatic rings. The van der Waals surface area contributed by atoms with Gasteiger partial charge in [-0.1, -0.05) is 25.6 Å². The fraction of sp³-hybridized carbons (Fsp3) is 0.500. The lowest BCUT2D eigenvalue weighted by Gasteiger charge is -2.11. The van der Waals surface area contributed by atoms with Crippen molar-refractivity contribution in [3.8, 4) is 5.75 Å². The maximum atomic E-state index is 5.95. The molecule has 0 unspecified atom stereocenters. The number of thioether (sulfide) groups is 1. The lowest BCUT2D eigenvalue weighted by molar-refractivity contribution is 0.415. The lowest BCUT2D eigenvalue weighted by Crippen LogP contribution is -2.22. The number of methoxy groups -OCH3 is 1. The number of hydrogen-bond acceptors (Lipinski definition) is 5. The topological polar surface area (TPSA) is 90.3 Å². The number of halogens is 1. The van der Waals surface area contributed by atoms with Crippen LogP contribution in [0.15, 0.2) is 34.4 Å². The molecule has 0 atom stereocenters. The highest BCUT2D eigenvalue weighted by atomic mass is 127. The van der Waals surface area contributed by atoms with Gasteiger partial charge in [0.25, 0.3) is 0 Å². The molecule has 0 bridgehead atoms. The molecule has 3 N–H and O–H groups in total. The van der Waals surface area contributed by atoms with E-state index in [-0.39, 0.29) is 24.0 Å². The van der Waals surface area contributed by atoms with Crippen molar-refractivity contribution in [1.29, 1.82) is 0 Å². The summed E-state index contributed by atoms with van der Waals surface area (Å²) in [4.78, 5) is 4.38. The number of ether oxygens (including phenoxy) is 1. The molecule has 0 saturated heterocycles. The standard InChI is InChI=1S/C18H28N6OS.HI/c1-13(2)12-24-16(22-23-18(24)26-4)6-5-11-20-17(19)21-14-7-9-15(25-3)10-8-14;/h7-10,13H,5-6,11-12H2,1-4H3,(H3,19,20,21);1H. The Morgan fingerprint density at radius 3 is 2.59 bits per heavy atom. The second kappa shape index (κ2) is 12.1. The van der Waals surface area contributed by atoms with Crippen LogP contribution in [-0.2, 0) is 13.0 Å². The molecule has 0 radical (unpaired) electrons. The number of hydrogen-bond donors (Lipinski definition) is 2. The van der Waals surface area contributed by atoms with Crippen LogP contribution in [0.4, 0.5) is 5.69 Å². The molecule has 0 aliphatic carbocycles. The van der Waals surface area contributed by atoms with E-state index in [1.807, 2.05) is 30.5 Å². The van der Waals surface area contributed by atoms with E-state index in [9.17, 15) is 0 Å². The molecule has 1 aromatic carbocycles. The van der Waals surface area contributed by atoms with Crippen LogP contribution < -0.4 is 15.8 Å². The Balaban J connectivity index is 0.00000364. The summed E-state index contributed by atoms with van der Waals surface area (Å²) in [7, 11) is 1.64. The number of aliphatic imine (C=N–C) groups is 1. The smallest absolute Gasteiger partial charge is 0.193 e. The van der Waals surface area contributed by atoms with Crippen LogP contribution in [0.3, 0.4) is 0 Å².